The van der Waals surface area contributed by atoms with E-state index >= 15 is 0 Å². The van der Waals surface area contributed by atoms with Gasteiger partial charge in [0.25, 0.3) is 6.33 Å². The van der Waals surface area contributed by atoms with Crippen molar-refractivity contribution < 1.29 is 9.30 Å². The normalized spacial score (nSPS) is 12.7. The number of hydrogen-bond donors (Lipinski definition) is 0. The molecule has 0 aliphatic rings. The number of rotatable bonds is 9. The van der Waals surface area contributed by atoms with Gasteiger partial charge in [-0.2, -0.15) is 0 Å². The van der Waals surface area contributed by atoms with Crippen molar-refractivity contribution in [3.05, 3.63) is 223 Å². The average Bonchev–Trinajstić information content (AvgIpc) is 3.93. The molecule has 0 radical (unpaired) electrons. The van der Waals surface area contributed by atoms with E-state index in [1.54, 1.807) is 0 Å². The van der Waals surface area contributed by atoms with Crippen LogP contribution in [0.15, 0.2) is 200 Å². The Hall–Kier alpha value is -8.02. The summed E-state index contributed by atoms with van der Waals surface area (Å²) in [4.78, 5) is 5.02. The molecule has 1 atom stereocenters. The van der Waals surface area contributed by atoms with E-state index < -0.39 is 0 Å². The standard InChI is InChI=1S/C68H64N4O/c1-45(66(2,3)4)48-35-36-69-64(40-48)72-60-34-31-49(46-21-13-11-14-22-46)39-59(60)58-33-32-55(43-63(58)72)73-54-26-19-25-53(42-54)70-44-71(62-30-18-17-29-61(62)70)65-56(47-23-15-12-16-24-47)27-20-28-57(65)50-37-51(67(5,6)7)41-52(38-50)68(8,9)10/h11-43,45H,1-10H3. The van der Waals surface area contributed by atoms with Crippen molar-refractivity contribution in [1.29, 1.82) is 0 Å². The molecule has 0 aliphatic carbocycles. The quantitative estimate of drug-likeness (QED) is 0.107. The van der Waals surface area contributed by atoms with E-state index in [0.717, 1.165) is 78.2 Å². The lowest BCUT2D eigenvalue weighted by Crippen LogP contribution is -2.31. The molecule has 5 nitrogen and oxygen atoms in total. The molecule has 11 aromatic rings. The molecule has 0 spiro atoms. The van der Waals surface area contributed by atoms with Crippen LogP contribution in [0.5, 0.6) is 11.5 Å². The molecule has 3 heterocycles. The molecule has 362 valence electrons. The monoisotopic (exact) mass is 953 g/mol. The predicted octanol–water partition coefficient (Wildman–Crippen LogP) is 17.7. The van der Waals surface area contributed by atoms with Gasteiger partial charge in [0.05, 0.1) is 33.4 Å². The van der Waals surface area contributed by atoms with Crippen LogP contribution in [-0.4, -0.2) is 14.1 Å². The number of ether oxygens (including phenoxy) is 1. The predicted molar refractivity (Wildman–Crippen MR) is 304 cm³/mol. The number of para-hydroxylation sites is 3. The van der Waals surface area contributed by atoms with E-state index in [4.69, 9.17) is 9.72 Å². The lowest BCUT2D eigenvalue weighted by molar-refractivity contribution is -0.571. The summed E-state index contributed by atoms with van der Waals surface area (Å²) < 4.78 is 13.6. The van der Waals surface area contributed by atoms with E-state index in [9.17, 15) is 0 Å². The first-order valence-electron chi connectivity index (χ1n) is 25.7. The van der Waals surface area contributed by atoms with Gasteiger partial charge in [0, 0.05) is 23.0 Å². The SMILES string of the molecule is CC(c1ccnc(-n2c3ccc(-c4ccccc4)cc3c3ccc(Oc4cccc(-n5[c-][n+](-c6c(-c7ccccc7)cccc6-c6cc(C(C)(C)C)cc(C(C)(C)C)c6)c6ccccc65)c4)cc32)c1)C(C)(C)C. The minimum Gasteiger partial charge on any atom is -0.458 e. The number of benzene rings is 8. The van der Waals surface area contributed by atoms with Crippen molar-refractivity contribution in [3.63, 3.8) is 0 Å². The molecule has 1 unspecified atom stereocenters. The number of pyridine rings is 1. The minimum atomic E-state index is -0.0414. The first-order valence-corrected chi connectivity index (χ1v) is 25.7. The van der Waals surface area contributed by atoms with Crippen molar-refractivity contribution in [2.75, 3.05) is 0 Å². The van der Waals surface area contributed by atoms with Gasteiger partial charge in [-0.05, 0) is 127 Å². The molecule has 11 rings (SSSR count). The topological polar surface area (TPSA) is 35.9 Å². The highest BCUT2D eigenvalue weighted by Crippen LogP contribution is 2.42. The summed E-state index contributed by atoms with van der Waals surface area (Å²) in [6.45, 7) is 23.0. The molecule has 0 saturated carbocycles. The van der Waals surface area contributed by atoms with Gasteiger partial charge < -0.3 is 4.74 Å². The zero-order valence-electron chi connectivity index (χ0n) is 43.8. The van der Waals surface area contributed by atoms with Crippen molar-refractivity contribution in [2.45, 2.75) is 86.0 Å². The van der Waals surface area contributed by atoms with Gasteiger partial charge in [-0.3, -0.25) is 13.7 Å². The second-order valence-corrected chi connectivity index (χ2v) is 22.9. The number of imidazole rings is 1. The highest BCUT2D eigenvalue weighted by Gasteiger charge is 2.26. The number of nitrogens with zero attached hydrogens (tertiary/aromatic N) is 4. The number of aromatic nitrogens is 4. The molecule has 0 N–H and O–H groups in total. The molecule has 0 saturated heterocycles. The Morgan fingerprint density at radius 2 is 1.14 bits per heavy atom. The van der Waals surface area contributed by atoms with Crippen LogP contribution in [0.2, 0.25) is 0 Å². The van der Waals surface area contributed by atoms with E-state index in [0.29, 0.717) is 5.92 Å². The first-order chi connectivity index (χ1) is 35.0. The van der Waals surface area contributed by atoms with Crippen LogP contribution in [0.4, 0.5) is 0 Å². The van der Waals surface area contributed by atoms with Crippen LogP contribution in [-0.2, 0) is 10.8 Å². The van der Waals surface area contributed by atoms with E-state index in [1.165, 1.54) is 33.4 Å². The number of hydrogen-bond acceptors (Lipinski definition) is 2. The first kappa shape index (κ1) is 47.3. The molecule has 73 heavy (non-hydrogen) atoms. The van der Waals surface area contributed by atoms with E-state index in [1.807, 2.05) is 12.3 Å². The minimum absolute atomic E-state index is 0.0414. The fourth-order valence-electron chi connectivity index (χ4n) is 10.2. The second kappa shape index (κ2) is 18.2. The molecule has 0 amide bonds. The van der Waals surface area contributed by atoms with Crippen LogP contribution >= 0.6 is 0 Å². The Morgan fingerprint density at radius 1 is 0.493 bits per heavy atom. The molecular formula is C68H64N4O. The van der Waals surface area contributed by atoms with Crippen molar-refractivity contribution in [3.8, 4) is 62.1 Å². The highest BCUT2D eigenvalue weighted by molar-refractivity contribution is 6.10. The Morgan fingerprint density at radius 3 is 1.84 bits per heavy atom. The maximum atomic E-state index is 6.90. The van der Waals surface area contributed by atoms with Gasteiger partial charge in [0.15, 0.2) is 0 Å². The Balaban J connectivity index is 1.04. The largest absolute Gasteiger partial charge is 0.458 e. The summed E-state index contributed by atoms with van der Waals surface area (Å²) in [7, 11) is 0. The third-order valence-corrected chi connectivity index (χ3v) is 14.8. The van der Waals surface area contributed by atoms with Gasteiger partial charge in [-0.25, -0.2) is 4.98 Å². The van der Waals surface area contributed by atoms with Crippen LogP contribution < -0.4 is 9.30 Å². The molecule has 0 aliphatic heterocycles. The molecular weight excluding hydrogens is 889 g/mol. The van der Waals surface area contributed by atoms with E-state index in [-0.39, 0.29) is 16.2 Å². The maximum Gasteiger partial charge on any atom is 0.269 e. The fourth-order valence-corrected chi connectivity index (χ4v) is 10.2. The summed E-state index contributed by atoms with van der Waals surface area (Å²) in [6, 6.07) is 69.8. The van der Waals surface area contributed by atoms with Crippen molar-refractivity contribution >= 4 is 32.8 Å². The highest BCUT2D eigenvalue weighted by atomic mass is 16.5. The third-order valence-electron chi connectivity index (χ3n) is 14.8. The van der Waals surface area contributed by atoms with E-state index in [2.05, 4.69) is 277 Å². The zero-order chi connectivity index (χ0) is 50.8. The van der Waals surface area contributed by atoms with Crippen LogP contribution in [0, 0.1) is 11.7 Å². The number of fused-ring (bicyclic) bond motifs is 4. The van der Waals surface area contributed by atoms with Crippen molar-refractivity contribution in [1.82, 2.24) is 14.1 Å². The Kier molecular flexibility index (Phi) is 11.8. The summed E-state index contributed by atoms with van der Waals surface area (Å²) >= 11 is 0. The third kappa shape index (κ3) is 9.03. The van der Waals surface area contributed by atoms with Crippen LogP contribution in [0.3, 0.4) is 0 Å². The maximum absolute atomic E-state index is 6.90. The smallest absolute Gasteiger partial charge is 0.269 e. The average molecular weight is 953 g/mol. The molecule has 0 bridgehead atoms. The molecule has 5 heteroatoms. The van der Waals surface area contributed by atoms with Gasteiger partial charge >= 0.3 is 0 Å². The van der Waals surface area contributed by atoms with Gasteiger partial charge in [-0.15, -0.1) is 0 Å². The molecule has 3 aromatic heterocycles. The van der Waals surface area contributed by atoms with Crippen LogP contribution in [0.1, 0.15) is 91.8 Å². The summed E-state index contributed by atoms with van der Waals surface area (Å²) in [6.07, 6.45) is 5.85. The van der Waals surface area contributed by atoms with Gasteiger partial charge in [-0.1, -0.05) is 203 Å². The fraction of sp³-hybridized carbons (Fsp3) is 0.206. The molecule has 8 aromatic carbocycles. The summed E-state index contributed by atoms with van der Waals surface area (Å²) in [5.74, 6) is 2.68. The second-order valence-electron chi connectivity index (χ2n) is 22.9. The zero-order valence-corrected chi connectivity index (χ0v) is 43.8. The molecule has 0 fully saturated rings. The summed E-state index contributed by atoms with van der Waals surface area (Å²) in [5, 5.41) is 2.30. The lowest BCUT2D eigenvalue weighted by Gasteiger charge is -2.27. The lowest BCUT2D eigenvalue weighted by atomic mass is 9.78. The van der Waals surface area contributed by atoms with Gasteiger partial charge in [0.2, 0.25) is 0 Å². The Bertz CT molecular complexity index is 3810. The summed E-state index contributed by atoms with van der Waals surface area (Å²) in [5.41, 5.74) is 17.1. The van der Waals surface area contributed by atoms with Crippen LogP contribution in [0.25, 0.3) is 83.4 Å². The van der Waals surface area contributed by atoms with Crippen molar-refractivity contribution in [2.24, 2.45) is 5.41 Å². The Labute approximate surface area is 431 Å². The van der Waals surface area contributed by atoms with Gasteiger partial charge in [0.1, 0.15) is 17.3 Å².